The maximum absolute atomic E-state index is 12.4. The summed E-state index contributed by atoms with van der Waals surface area (Å²) >= 11 is 0. The molecule has 0 amide bonds. The number of quaternary nitrogens is 1. The molecule has 7 heteroatoms. The molecule has 1 N–H and O–H groups in total. The van der Waals surface area contributed by atoms with Crippen LogP contribution in [0.25, 0.3) is 0 Å². The zero-order chi connectivity index (χ0) is 19.4. The van der Waals surface area contributed by atoms with Gasteiger partial charge in [0, 0.05) is 5.56 Å². The third-order valence-electron chi connectivity index (χ3n) is 4.50. The monoisotopic (exact) mass is 357 g/mol. The van der Waals surface area contributed by atoms with E-state index in [0.717, 1.165) is 16.0 Å². The zero-order valence-corrected chi connectivity index (χ0v) is 16.1. The molecule has 1 atom stereocenters. The molecule has 1 heterocycles. The lowest BCUT2D eigenvalue weighted by atomic mass is 10.1. The van der Waals surface area contributed by atoms with Gasteiger partial charge in [0.05, 0.1) is 27.0 Å². The fourth-order valence-electron chi connectivity index (χ4n) is 2.86. The number of hydrogen-bond acceptors (Lipinski definition) is 5. The Morgan fingerprint density at radius 1 is 1.19 bits per heavy atom. The second-order valence-corrected chi connectivity index (χ2v) is 6.43. The highest BCUT2D eigenvalue weighted by atomic mass is 16.5. The van der Waals surface area contributed by atoms with E-state index in [-0.39, 0.29) is 11.1 Å². The van der Waals surface area contributed by atoms with E-state index in [2.05, 4.69) is 5.10 Å². The molecule has 138 valence electrons. The zero-order valence-electron chi connectivity index (χ0n) is 16.1. The molecule has 0 aliphatic rings. The molecule has 0 bridgehead atoms. The number of aromatic nitrogens is 2. The molecule has 0 radical (unpaired) electrons. The van der Waals surface area contributed by atoms with Crippen molar-refractivity contribution in [1.82, 2.24) is 9.78 Å². The fraction of sp³-hybridized carbons (Fsp3) is 0.421. The van der Waals surface area contributed by atoms with Crippen molar-refractivity contribution in [1.29, 1.82) is 5.26 Å². The van der Waals surface area contributed by atoms with Gasteiger partial charge in [-0.2, -0.15) is 15.0 Å². The summed E-state index contributed by atoms with van der Waals surface area (Å²) in [6, 6.07) is 5.89. The lowest BCUT2D eigenvalue weighted by Gasteiger charge is -2.18. The van der Waals surface area contributed by atoms with E-state index in [1.165, 1.54) is 4.68 Å². The summed E-state index contributed by atoms with van der Waals surface area (Å²) in [5.41, 5.74) is 3.32. The van der Waals surface area contributed by atoms with E-state index in [1.54, 1.807) is 28.1 Å². The minimum atomic E-state index is -0.348. The number of hydrogen-bond donors (Lipinski definition) is 1. The van der Waals surface area contributed by atoms with Crippen LogP contribution < -0.4 is 19.9 Å². The van der Waals surface area contributed by atoms with Gasteiger partial charge >= 0.3 is 0 Å². The highest BCUT2D eigenvalue weighted by Gasteiger charge is 2.16. The quantitative estimate of drug-likeness (QED) is 0.824. The van der Waals surface area contributed by atoms with E-state index in [4.69, 9.17) is 9.47 Å². The average Bonchev–Trinajstić information content (AvgIpc) is 2.61. The molecule has 1 aromatic heterocycles. The van der Waals surface area contributed by atoms with Crippen LogP contribution >= 0.6 is 0 Å². The van der Waals surface area contributed by atoms with Gasteiger partial charge in [-0.05, 0) is 44.0 Å². The van der Waals surface area contributed by atoms with Crippen LogP contribution in [0.1, 0.15) is 27.9 Å². The first-order chi connectivity index (χ1) is 12.3. The standard InChI is InChI=1S/C19H24N4O3/c1-12-7-17(25-5)18(26-6)8-15(12)10-22(4)11-23-19(24)16(9-20)13(2)14(3)21-23/h7-8H,10-11H2,1-6H3/p+1. The molecule has 2 rings (SSSR count). The topological polar surface area (TPSA) is 81.6 Å². The molecule has 0 spiro atoms. The van der Waals surface area contributed by atoms with Crippen LogP contribution in [-0.2, 0) is 13.2 Å². The van der Waals surface area contributed by atoms with E-state index in [0.29, 0.717) is 36.0 Å². The summed E-state index contributed by atoms with van der Waals surface area (Å²) in [6.45, 7) is 6.60. The van der Waals surface area contributed by atoms with Crippen molar-refractivity contribution in [3.8, 4) is 17.6 Å². The molecule has 1 aromatic carbocycles. The van der Waals surface area contributed by atoms with Crippen molar-refractivity contribution in [2.75, 3.05) is 21.3 Å². The molecule has 26 heavy (non-hydrogen) atoms. The van der Waals surface area contributed by atoms with Gasteiger partial charge in [-0.1, -0.05) is 0 Å². The SMILES string of the molecule is COc1cc(C)c(C[NH+](C)Cn2nc(C)c(C)c(C#N)c2=O)cc1OC. The predicted octanol–water partition coefficient (Wildman–Crippen LogP) is 0.730. The number of aryl methyl sites for hydroxylation is 2. The Kier molecular flexibility index (Phi) is 6.01. The van der Waals surface area contributed by atoms with Crippen molar-refractivity contribution in [2.24, 2.45) is 0 Å². The number of nitrogens with zero attached hydrogens (tertiary/aromatic N) is 3. The van der Waals surface area contributed by atoms with E-state index in [1.807, 2.05) is 32.2 Å². The first kappa shape index (κ1) is 19.5. The number of nitriles is 1. The third kappa shape index (κ3) is 3.86. The summed E-state index contributed by atoms with van der Waals surface area (Å²) in [6.07, 6.45) is 0. The van der Waals surface area contributed by atoms with Crippen molar-refractivity contribution in [3.05, 3.63) is 50.4 Å². The molecule has 2 aromatic rings. The summed E-state index contributed by atoms with van der Waals surface area (Å²) < 4.78 is 12.1. The minimum absolute atomic E-state index is 0.160. The van der Waals surface area contributed by atoms with Crippen LogP contribution in [0.5, 0.6) is 11.5 Å². The van der Waals surface area contributed by atoms with Gasteiger partial charge in [0.2, 0.25) is 0 Å². The van der Waals surface area contributed by atoms with Gasteiger partial charge in [-0.25, -0.2) is 0 Å². The number of rotatable bonds is 6. The van der Waals surface area contributed by atoms with Crippen LogP contribution in [0.15, 0.2) is 16.9 Å². The molecular weight excluding hydrogens is 332 g/mol. The third-order valence-corrected chi connectivity index (χ3v) is 4.50. The Morgan fingerprint density at radius 3 is 2.38 bits per heavy atom. The van der Waals surface area contributed by atoms with Crippen LogP contribution in [0.2, 0.25) is 0 Å². The van der Waals surface area contributed by atoms with Gasteiger partial charge in [-0.15, -0.1) is 0 Å². The highest BCUT2D eigenvalue weighted by molar-refractivity contribution is 5.46. The summed E-state index contributed by atoms with van der Waals surface area (Å²) in [7, 11) is 5.19. The molecule has 0 saturated carbocycles. The number of benzene rings is 1. The minimum Gasteiger partial charge on any atom is -0.493 e. The first-order valence-electron chi connectivity index (χ1n) is 8.33. The second-order valence-electron chi connectivity index (χ2n) is 6.43. The van der Waals surface area contributed by atoms with Crippen LogP contribution in [0.4, 0.5) is 0 Å². The number of methoxy groups -OCH3 is 2. The largest absolute Gasteiger partial charge is 0.493 e. The summed E-state index contributed by atoms with van der Waals surface area (Å²) in [4.78, 5) is 13.5. The second kappa shape index (κ2) is 8.02. The van der Waals surface area contributed by atoms with Crippen molar-refractivity contribution in [3.63, 3.8) is 0 Å². The highest BCUT2D eigenvalue weighted by Crippen LogP contribution is 2.29. The molecule has 0 saturated heterocycles. The lowest BCUT2D eigenvalue weighted by Crippen LogP contribution is -3.07. The number of ether oxygens (including phenoxy) is 2. The lowest BCUT2D eigenvalue weighted by molar-refractivity contribution is -0.917. The Bertz CT molecular complexity index is 912. The smallest absolute Gasteiger partial charge is 0.289 e. The Morgan fingerprint density at radius 2 is 1.81 bits per heavy atom. The van der Waals surface area contributed by atoms with Crippen LogP contribution in [0.3, 0.4) is 0 Å². The van der Waals surface area contributed by atoms with Crippen molar-refractivity contribution in [2.45, 2.75) is 34.0 Å². The van der Waals surface area contributed by atoms with E-state index >= 15 is 0 Å². The average molecular weight is 357 g/mol. The summed E-state index contributed by atoms with van der Waals surface area (Å²) in [5.74, 6) is 1.37. The molecule has 1 unspecified atom stereocenters. The first-order valence-corrected chi connectivity index (χ1v) is 8.33. The van der Waals surface area contributed by atoms with Gasteiger partial charge in [0.1, 0.15) is 18.2 Å². The van der Waals surface area contributed by atoms with Crippen molar-refractivity contribution >= 4 is 0 Å². The Hall–Kier alpha value is -2.85. The maximum Gasteiger partial charge on any atom is 0.289 e. The van der Waals surface area contributed by atoms with Crippen LogP contribution in [0, 0.1) is 32.1 Å². The van der Waals surface area contributed by atoms with Gasteiger partial charge in [0.25, 0.3) is 5.56 Å². The van der Waals surface area contributed by atoms with E-state index < -0.39 is 0 Å². The van der Waals surface area contributed by atoms with Crippen molar-refractivity contribution < 1.29 is 14.4 Å². The molecule has 0 fully saturated rings. The summed E-state index contributed by atoms with van der Waals surface area (Å²) in [5, 5.41) is 13.6. The number of nitrogens with one attached hydrogen (secondary N) is 1. The predicted molar refractivity (Wildman–Crippen MR) is 97.6 cm³/mol. The maximum atomic E-state index is 12.4. The molecule has 7 nitrogen and oxygen atoms in total. The Balaban J connectivity index is 2.28. The molecular formula is C19H25N4O3+. The fourth-order valence-corrected chi connectivity index (χ4v) is 2.86. The molecule has 0 aliphatic carbocycles. The Labute approximate surface area is 153 Å². The van der Waals surface area contributed by atoms with Gasteiger partial charge in [0.15, 0.2) is 18.2 Å². The van der Waals surface area contributed by atoms with E-state index in [9.17, 15) is 10.1 Å². The molecule has 0 aliphatic heterocycles. The normalized spacial score (nSPS) is 11.7. The van der Waals surface area contributed by atoms with Gasteiger partial charge < -0.3 is 14.4 Å². The van der Waals surface area contributed by atoms with Gasteiger partial charge in [-0.3, -0.25) is 4.79 Å². The van der Waals surface area contributed by atoms with Crippen LogP contribution in [-0.4, -0.2) is 31.0 Å².